The fraction of sp³-hybridized carbons (Fsp3) is 0.500. The lowest BCUT2D eigenvalue weighted by atomic mass is 9.96. The molecule has 196 valence electrons. The van der Waals surface area contributed by atoms with Crippen LogP contribution in [-0.2, 0) is 4.79 Å². The number of aromatic nitrogens is 4. The summed E-state index contributed by atoms with van der Waals surface area (Å²) in [4.78, 5) is 40.5. The molecule has 0 spiro atoms. The first-order valence-electron chi connectivity index (χ1n) is 13.3. The Labute approximate surface area is 217 Å². The van der Waals surface area contributed by atoms with E-state index in [-0.39, 0.29) is 23.7 Å². The molecule has 0 bridgehead atoms. The lowest BCUT2D eigenvalue weighted by Gasteiger charge is -2.39. The predicted octanol–water partition coefficient (Wildman–Crippen LogP) is 4.05. The van der Waals surface area contributed by atoms with Gasteiger partial charge in [0.2, 0.25) is 11.9 Å². The van der Waals surface area contributed by atoms with Gasteiger partial charge in [0.05, 0.1) is 12.2 Å². The molecule has 1 aliphatic carbocycles. The van der Waals surface area contributed by atoms with E-state index in [2.05, 4.69) is 62.9 Å². The summed E-state index contributed by atoms with van der Waals surface area (Å²) in [6.07, 6.45) is 6.88. The Morgan fingerprint density at radius 3 is 2.43 bits per heavy atom. The van der Waals surface area contributed by atoms with Crippen molar-refractivity contribution in [1.82, 2.24) is 29.3 Å². The molecular weight excluding hydrogens is 466 g/mol. The first kappa shape index (κ1) is 25.2. The topological polar surface area (TPSA) is 99.2 Å². The number of piperazine rings is 1. The standard InChI is InChI=1S/C28H37N7O2/c1-5-25(36)34-14-12-33(13-15-34)24(16-20-6-7-20)22-10-8-21(9-11-22)19(4)30-27-29-17-23-26(32-27)35(18(2)3)28(37)31-23/h5,8-11,17-20,24H,1,6-7,12-16H2,2-4H3,(H,31,37)(H,29,30,32)/t19-,24-/m0/s1. The number of amides is 1. The Balaban J connectivity index is 1.29. The highest BCUT2D eigenvalue weighted by Gasteiger charge is 2.32. The fourth-order valence-electron chi connectivity index (χ4n) is 5.30. The third kappa shape index (κ3) is 5.46. The number of nitrogens with one attached hydrogen (secondary N) is 2. The number of H-pyrrole nitrogens is 1. The summed E-state index contributed by atoms with van der Waals surface area (Å²) in [6.45, 7) is 12.9. The van der Waals surface area contributed by atoms with E-state index < -0.39 is 0 Å². The molecule has 9 heteroatoms. The molecule has 1 aliphatic heterocycles. The molecule has 1 saturated carbocycles. The van der Waals surface area contributed by atoms with Crippen molar-refractivity contribution in [1.29, 1.82) is 0 Å². The van der Waals surface area contributed by atoms with Gasteiger partial charge in [0.25, 0.3) is 0 Å². The summed E-state index contributed by atoms with van der Waals surface area (Å²) < 4.78 is 1.65. The number of carbonyl (C=O) groups is 1. The lowest BCUT2D eigenvalue weighted by Crippen LogP contribution is -2.49. The SMILES string of the molecule is C=CC(=O)N1CCN([C@@H](CC2CC2)c2ccc([C@H](C)Nc3ncc4[nH]c(=O)n(C(C)C)c4n3)cc2)CC1. The molecule has 2 N–H and O–H groups in total. The second-order valence-electron chi connectivity index (χ2n) is 10.6. The van der Waals surface area contributed by atoms with Crippen LogP contribution in [-0.4, -0.2) is 61.4 Å². The monoisotopic (exact) mass is 503 g/mol. The zero-order valence-electron chi connectivity index (χ0n) is 22.0. The van der Waals surface area contributed by atoms with Gasteiger partial charge in [-0.3, -0.25) is 14.3 Å². The zero-order valence-corrected chi connectivity index (χ0v) is 22.0. The first-order valence-corrected chi connectivity index (χ1v) is 13.3. The van der Waals surface area contributed by atoms with Crippen molar-refractivity contribution in [2.24, 2.45) is 5.92 Å². The minimum Gasteiger partial charge on any atom is -0.348 e. The van der Waals surface area contributed by atoms with Crippen LogP contribution >= 0.6 is 0 Å². The number of anilines is 1. The van der Waals surface area contributed by atoms with Crippen LogP contribution in [0.25, 0.3) is 11.2 Å². The zero-order chi connectivity index (χ0) is 26.1. The number of fused-ring (bicyclic) bond motifs is 1. The maximum atomic E-state index is 12.3. The van der Waals surface area contributed by atoms with Gasteiger partial charge < -0.3 is 15.2 Å². The predicted molar refractivity (Wildman–Crippen MR) is 145 cm³/mol. The Morgan fingerprint density at radius 2 is 1.81 bits per heavy atom. The molecule has 1 amide bonds. The average Bonchev–Trinajstić information content (AvgIpc) is 3.66. The number of nitrogens with zero attached hydrogens (tertiary/aromatic N) is 5. The Bertz CT molecular complexity index is 1310. The minimum atomic E-state index is -0.172. The molecule has 2 fully saturated rings. The number of imidazole rings is 1. The molecule has 0 unspecified atom stereocenters. The molecule has 1 saturated heterocycles. The Kier molecular flexibility index (Phi) is 7.15. The second-order valence-corrected chi connectivity index (χ2v) is 10.6. The van der Waals surface area contributed by atoms with Crippen molar-refractivity contribution in [3.63, 3.8) is 0 Å². The fourth-order valence-corrected chi connectivity index (χ4v) is 5.30. The van der Waals surface area contributed by atoms with Crippen molar-refractivity contribution in [2.75, 3.05) is 31.5 Å². The minimum absolute atomic E-state index is 0.00000597. The molecule has 3 heterocycles. The third-order valence-electron chi connectivity index (χ3n) is 7.64. The van der Waals surface area contributed by atoms with Gasteiger partial charge in [0.15, 0.2) is 5.65 Å². The number of hydrogen-bond acceptors (Lipinski definition) is 6. The normalized spacial score (nSPS) is 18.2. The molecule has 2 atom stereocenters. The Hall–Kier alpha value is -3.46. The van der Waals surface area contributed by atoms with E-state index in [1.54, 1.807) is 10.8 Å². The summed E-state index contributed by atoms with van der Waals surface area (Å²) in [5, 5.41) is 3.39. The van der Waals surface area contributed by atoms with Crippen LogP contribution in [0.2, 0.25) is 0 Å². The van der Waals surface area contributed by atoms with E-state index in [0.29, 0.717) is 23.2 Å². The molecular formula is C28H37N7O2. The molecule has 2 aliphatic rings. The molecule has 1 aromatic carbocycles. The van der Waals surface area contributed by atoms with E-state index in [9.17, 15) is 9.59 Å². The number of carbonyl (C=O) groups excluding carboxylic acids is 1. The molecule has 2 aromatic heterocycles. The molecule has 37 heavy (non-hydrogen) atoms. The van der Waals surface area contributed by atoms with Gasteiger partial charge in [0.1, 0.15) is 5.52 Å². The van der Waals surface area contributed by atoms with Crippen LogP contribution in [0.1, 0.15) is 69.3 Å². The summed E-state index contributed by atoms with van der Waals surface area (Å²) in [5.74, 6) is 1.33. The number of hydrogen-bond donors (Lipinski definition) is 2. The van der Waals surface area contributed by atoms with Crippen LogP contribution in [0.3, 0.4) is 0 Å². The van der Waals surface area contributed by atoms with Crippen molar-refractivity contribution in [3.05, 3.63) is 64.7 Å². The number of rotatable bonds is 9. The van der Waals surface area contributed by atoms with E-state index in [1.807, 2.05) is 18.7 Å². The number of benzene rings is 1. The van der Waals surface area contributed by atoms with Crippen LogP contribution in [0.4, 0.5) is 5.95 Å². The van der Waals surface area contributed by atoms with Gasteiger partial charge in [-0.2, -0.15) is 4.98 Å². The number of aromatic amines is 1. The third-order valence-corrected chi connectivity index (χ3v) is 7.64. The van der Waals surface area contributed by atoms with E-state index in [0.717, 1.165) is 37.7 Å². The highest BCUT2D eigenvalue weighted by atomic mass is 16.2. The van der Waals surface area contributed by atoms with Crippen molar-refractivity contribution >= 4 is 23.0 Å². The molecule has 9 nitrogen and oxygen atoms in total. The average molecular weight is 504 g/mol. The summed E-state index contributed by atoms with van der Waals surface area (Å²) in [6, 6.07) is 9.23. The highest BCUT2D eigenvalue weighted by molar-refractivity contribution is 5.87. The lowest BCUT2D eigenvalue weighted by molar-refractivity contribution is -0.128. The highest BCUT2D eigenvalue weighted by Crippen LogP contribution is 2.40. The molecule has 3 aromatic rings. The van der Waals surface area contributed by atoms with Gasteiger partial charge in [-0.05, 0) is 50.3 Å². The van der Waals surface area contributed by atoms with Crippen LogP contribution in [0.15, 0.2) is 47.9 Å². The largest absolute Gasteiger partial charge is 0.348 e. The quantitative estimate of drug-likeness (QED) is 0.428. The van der Waals surface area contributed by atoms with Gasteiger partial charge in [-0.15, -0.1) is 0 Å². The summed E-state index contributed by atoms with van der Waals surface area (Å²) >= 11 is 0. The van der Waals surface area contributed by atoms with Gasteiger partial charge in [-0.25, -0.2) is 9.78 Å². The summed E-state index contributed by atoms with van der Waals surface area (Å²) in [5.41, 5.74) is 3.55. The van der Waals surface area contributed by atoms with Crippen molar-refractivity contribution in [3.8, 4) is 0 Å². The molecule has 5 rings (SSSR count). The van der Waals surface area contributed by atoms with Crippen molar-refractivity contribution in [2.45, 2.75) is 58.2 Å². The van der Waals surface area contributed by atoms with E-state index in [4.69, 9.17) is 0 Å². The van der Waals surface area contributed by atoms with Crippen LogP contribution < -0.4 is 11.0 Å². The van der Waals surface area contributed by atoms with Crippen LogP contribution in [0.5, 0.6) is 0 Å². The van der Waals surface area contributed by atoms with Gasteiger partial charge in [0, 0.05) is 38.3 Å². The van der Waals surface area contributed by atoms with Crippen LogP contribution in [0, 0.1) is 5.92 Å². The maximum Gasteiger partial charge on any atom is 0.327 e. The molecule has 0 radical (unpaired) electrons. The van der Waals surface area contributed by atoms with E-state index in [1.165, 1.54) is 30.9 Å². The second kappa shape index (κ2) is 10.5. The smallest absolute Gasteiger partial charge is 0.327 e. The first-order chi connectivity index (χ1) is 17.8. The Morgan fingerprint density at radius 1 is 1.14 bits per heavy atom. The maximum absolute atomic E-state index is 12.3. The van der Waals surface area contributed by atoms with Crippen molar-refractivity contribution < 1.29 is 4.79 Å². The van der Waals surface area contributed by atoms with Gasteiger partial charge >= 0.3 is 5.69 Å². The van der Waals surface area contributed by atoms with Gasteiger partial charge in [-0.1, -0.05) is 43.7 Å². The summed E-state index contributed by atoms with van der Waals surface area (Å²) in [7, 11) is 0. The van der Waals surface area contributed by atoms with E-state index >= 15 is 0 Å².